The number of aliphatic imine (C=N–C) groups is 1. The Morgan fingerprint density at radius 3 is 2.60 bits per heavy atom. The molecule has 0 aliphatic rings. The van der Waals surface area contributed by atoms with Gasteiger partial charge in [-0.2, -0.15) is 0 Å². The maximum absolute atomic E-state index is 13.6. The fourth-order valence-electron chi connectivity index (χ4n) is 1.92. The summed E-state index contributed by atoms with van der Waals surface area (Å²) in [7, 11) is -1.99. The van der Waals surface area contributed by atoms with Crippen LogP contribution in [0.4, 0.5) is 4.39 Å². The predicted octanol–water partition coefficient (Wildman–Crippen LogP) is 2.18. The molecule has 0 aliphatic carbocycles. The molecule has 0 saturated heterocycles. The lowest BCUT2D eigenvalue weighted by atomic mass is 10.2. The van der Waals surface area contributed by atoms with E-state index < -0.39 is 10.0 Å². The summed E-state index contributed by atoms with van der Waals surface area (Å²) in [5.74, 6) is 0.148. The third kappa shape index (κ3) is 5.96. The number of sulfonamides is 1. The minimum absolute atomic E-state index is 0.165. The Balaban J connectivity index is 1.77. The van der Waals surface area contributed by atoms with Crippen LogP contribution in [-0.2, 0) is 16.6 Å². The van der Waals surface area contributed by atoms with Crippen molar-refractivity contribution in [2.75, 3.05) is 20.1 Å². The van der Waals surface area contributed by atoms with E-state index in [2.05, 4.69) is 20.3 Å². The van der Waals surface area contributed by atoms with E-state index in [-0.39, 0.29) is 23.1 Å². The summed E-state index contributed by atoms with van der Waals surface area (Å²) < 4.78 is 40.7. The van der Waals surface area contributed by atoms with Crippen LogP contribution in [-0.4, -0.2) is 34.5 Å². The minimum Gasteiger partial charge on any atom is -0.355 e. The van der Waals surface area contributed by atoms with Crippen molar-refractivity contribution in [2.45, 2.75) is 10.8 Å². The Labute approximate surface area is 155 Å². The zero-order valence-corrected chi connectivity index (χ0v) is 15.8. The lowest BCUT2D eigenvalue weighted by Crippen LogP contribution is -2.41. The van der Waals surface area contributed by atoms with Gasteiger partial charge in [0.2, 0.25) is 10.0 Å². The second kappa shape index (κ2) is 9.14. The molecule has 0 fully saturated rings. The summed E-state index contributed by atoms with van der Waals surface area (Å²) in [5, 5.41) is 5.92. The zero-order valence-electron chi connectivity index (χ0n) is 13.4. The van der Waals surface area contributed by atoms with Gasteiger partial charge in [-0.1, -0.05) is 29.8 Å². The third-order valence-corrected chi connectivity index (χ3v) is 6.33. The normalized spacial score (nSPS) is 12.2. The van der Waals surface area contributed by atoms with Crippen molar-refractivity contribution in [1.29, 1.82) is 0 Å². The third-order valence-electron chi connectivity index (χ3n) is 3.15. The van der Waals surface area contributed by atoms with E-state index in [0.29, 0.717) is 22.4 Å². The van der Waals surface area contributed by atoms with E-state index in [1.54, 1.807) is 25.2 Å². The van der Waals surface area contributed by atoms with E-state index in [1.165, 1.54) is 18.2 Å². The van der Waals surface area contributed by atoms with Gasteiger partial charge in [-0.3, -0.25) is 4.99 Å². The molecule has 6 nitrogen and oxygen atoms in total. The highest BCUT2D eigenvalue weighted by molar-refractivity contribution is 7.91. The van der Waals surface area contributed by atoms with Gasteiger partial charge in [0.25, 0.3) is 0 Å². The molecule has 0 radical (unpaired) electrons. The van der Waals surface area contributed by atoms with Gasteiger partial charge in [0.15, 0.2) is 5.96 Å². The minimum atomic E-state index is -3.57. The summed E-state index contributed by atoms with van der Waals surface area (Å²) in [5.41, 5.74) is 0.515. The molecule has 2 rings (SSSR count). The molecule has 2 aromatic rings. The Morgan fingerprint density at radius 2 is 1.96 bits per heavy atom. The van der Waals surface area contributed by atoms with Gasteiger partial charge >= 0.3 is 0 Å². The van der Waals surface area contributed by atoms with Crippen LogP contribution in [0.25, 0.3) is 0 Å². The molecule has 1 aromatic carbocycles. The fourth-order valence-corrected chi connectivity index (χ4v) is 4.48. The van der Waals surface area contributed by atoms with Gasteiger partial charge in [0, 0.05) is 32.2 Å². The van der Waals surface area contributed by atoms with Gasteiger partial charge in [0.05, 0.1) is 4.34 Å². The van der Waals surface area contributed by atoms with Crippen LogP contribution in [0.5, 0.6) is 0 Å². The van der Waals surface area contributed by atoms with E-state index >= 15 is 0 Å². The van der Waals surface area contributed by atoms with Crippen molar-refractivity contribution in [3.8, 4) is 0 Å². The largest absolute Gasteiger partial charge is 0.355 e. The lowest BCUT2D eigenvalue weighted by molar-refractivity contribution is 0.582. The van der Waals surface area contributed by atoms with Gasteiger partial charge < -0.3 is 10.6 Å². The number of thiophene rings is 1. The van der Waals surface area contributed by atoms with Crippen molar-refractivity contribution in [3.05, 3.63) is 52.1 Å². The molecule has 0 spiro atoms. The molecular formula is C15H18ClFN4O2S2. The molecule has 0 bridgehead atoms. The average molecular weight is 405 g/mol. The summed E-state index contributed by atoms with van der Waals surface area (Å²) in [6.07, 6.45) is 0. The van der Waals surface area contributed by atoms with Crippen molar-refractivity contribution in [2.24, 2.45) is 4.99 Å². The smallest absolute Gasteiger partial charge is 0.250 e. The van der Waals surface area contributed by atoms with Crippen LogP contribution in [0.3, 0.4) is 0 Å². The highest BCUT2D eigenvalue weighted by Crippen LogP contribution is 2.25. The first-order chi connectivity index (χ1) is 11.9. The van der Waals surface area contributed by atoms with E-state index in [1.807, 2.05) is 0 Å². The number of guanidine groups is 1. The van der Waals surface area contributed by atoms with Gasteiger partial charge in [-0.15, -0.1) is 11.3 Å². The average Bonchev–Trinajstić information content (AvgIpc) is 3.03. The molecule has 1 aromatic heterocycles. The first-order valence-electron chi connectivity index (χ1n) is 7.35. The van der Waals surface area contributed by atoms with E-state index in [0.717, 1.165) is 11.3 Å². The predicted molar refractivity (Wildman–Crippen MR) is 99.1 cm³/mol. The van der Waals surface area contributed by atoms with Crippen molar-refractivity contribution in [3.63, 3.8) is 0 Å². The maximum Gasteiger partial charge on any atom is 0.250 e. The Morgan fingerprint density at radius 1 is 1.20 bits per heavy atom. The standard InChI is InChI=1S/C15H18ClFN4O2S2/c1-18-15(20-10-11-4-2-3-5-12(11)17)19-8-9-21-25(22,23)14-7-6-13(16)24-14/h2-7,21H,8-10H2,1H3,(H2,18,19,20). The second-order valence-electron chi connectivity index (χ2n) is 4.90. The second-order valence-corrected chi connectivity index (χ2v) is 8.61. The molecule has 0 atom stereocenters. The Kier molecular flexibility index (Phi) is 7.18. The number of hydrogen-bond acceptors (Lipinski definition) is 4. The lowest BCUT2D eigenvalue weighted by Gasteiger charge is -2.12. The van der Waals surface area contributed by atoms with E-state index in [9.17, 15) is 12.8 Å². The SMILES string of the molecule is CN=C(NCCNS(=O)(=O)c1ccc(Cl)s1)NCc1ccccc1F. The first-order valence-corrected chi connectivity index (χ1v) is 10.0. The number of nitrogens with zero attached hydrogens (tertiary/aromatic N) is 1. The molecule has 0 amide bonds. The highest BCUT2D eigenvalue weighted by Gasteiger charge is 2.15. The highest BCUT2D eigenvalue weighted by atomic mass is 35.5. The summed E-state index contributed by atoms with van der Waals surface area (Å²) in [6.45, 7) is 0.749. The number of benzene rings is 1. The summed E-state index contributed by atoms with van der Waals surface area (Å²) >= 11 is 6.74. The van der Waals surface area contributed by atoms with Gasteiger partial charge in [0.1, 0.15) is 10.0 Å². The topological polar surface area (TPSA) is 82.6 Å². The molecule has 25 heavy (non-hydrogen) atoms. The number of nitrogens with one attached hydrogen (secondary N) is 3. The fraction of sp³-hybridized carbons (Fsp3) is 0.267. The quantitative estimate of drug-likeness (QED) is 0.375. The molecule has 0 saturated carbocycles. The number of hydrogen-bond donors (Lipinski definition) is 3. The van der Waals surface area contributed by atoms with Crippen LogP contribution in [0.1, 0.15) is 5.56 Å². The van der Waals surface area contributed by atoms with Crippen LogP contribution in [0.15, 0.2) is 45.6 Å². The summed E-state index contributed by atoms with van der Waals surface area (Å²) in [4.78, 5) is 4.01. The summed E-state index contributed by atoms with van der Waals surface area (Å²) in [6, 6.07) is 9.43. The van der Waals surface area contributed by atoms with Crippen molar-refractivity contribution < 1.29 is 12.8 Å². The van der Waals surface area contributed by atoms with Crippen molar-refractivity contribution >= 4 is 38.9 Å². The molecule has 10 heteroatoms. The van der Waals surface area contributed by atoms with Crippen molar-refractivity contribution in [1.82, 2.24) is 15.4 Å². The maximum atomic E-state index is 13.6. The zero-order chi connectivity index (χ0) is 18.3. The Hall–Kier alpha value is -1.68. The molecular weight excluding hydrogens is 387 g/mol. The first kappa shape index (κ1) is 19.6. The van der Waals surface area contributed by atoms with Gasteiger partial charge in [-0.25, -0.2) is 17.5 Å². The molecule has 136 valence electrons. The molecule has 1 heterocycles. The molecule has 3 N–H and O–H groups in total. The van der Waals surface area contributed by atoms with Crippen LogP contribution in [0.2, 0.25) is 4.34 Å². The monoisotopic (exact) mass is 404 g/mol. The van der Waals surface area contributed by atoms with Crippen LogP contribution in [0, 0.1) is 5.82 Å². The molecule has 0 aliphatic heterocycles. The number of halogens is 2. The Bertz CT molecular complexity index is 840. The van der Waals surface area contributed by atoms with Crippen LogP contribution < -0.4 is 15.4 Å². The van der Waals surface area contributed by atoms with Crippen LogP contribution >= 0.6 is 22.9 Å². The van der Waals surface area contributed by atoms with Gasteiger partial charge in [-0.05, 0) is 18.2 Å². The van der Waals surface area contributed by atoms with E-state index in [4.69, 9.17) is 11.6 Å². The molecule has 0 unspecified atom stereocenters. The number of rotatable bonds is 7.